The molecule has 2 saturated heterocycles. The summed E-state index contributed by atoms with van der Waals surface area (Å²) in [4.78, 5) is 23.2. The molecule has 8 nitrogen and oxygen atoms in total. The summed E-state index contributed by atoms with van der Waals surface area (Å²) < 4.78 is 16.8. The third-order valence-corrected chi connectivity index (χ3v) is 5.15. The topological polar surface area (TPSA) is 85.8 Å². The van der Waals surface area contributed by atoms with Crippen molar-refractivity contribution in [3.05, 3.63) is 47.8 Å². The van der Waals surface area contributed by atoms with Crippen molar-refractivity contribution >= 4 is 11.9 Å². The number of nitrogens with one attached hydrogen (secondary N) is 1. The maximum absolute atomic E-state index is 12.4. The van der Waals surface area contributed by atoms with Crippen LogP contribution in [0.5, 0.6) is 5.75 Å². The van der Waals surface area contributed by atoms with Crippen LogP contribution in [-0.2, 0) is 16.0 Å². The molecular weight excluding hydrogens is 360 g/mol. The first kappa shape index (κ1) is 18.6. The number of ether oxygens (including phenoxy) is 3. The molecule has 2 aromatic rings. The number of nitrogens with zero attached hydrogens (tertiary/aromatic N) is 3. The number of methoxy groups -OCH3 is 1. The Balaban J connectivity index is 1.33. The monoisotopic (exact) mass is 384 g/mol. The van der Waals surface area contributed by atoms with E-state index in [9.17, 15) is 4.79 Å². The fourth-order valence-electron chi connectivity index (χ4n) is 3.56. The van der Waals surface area contributed by atoms with E-state index in [1.807, 2.05) is 24.3 Å². The van der Waals surface area contributed by atoms with Gasteiger partial charge in [-0.25, -0.2) is 9.97 Å². The third kappa shape index (κ3) is 3.93. The van der Waals surface area contributed by atoms with E-state index in [1.54, 1.807) is 19.5 Å². The normalized spacial score (nSPS) is 18.2. The first-order valence-corrected chi connectivity index (χ1v) is 9.44. The lowest BCUT2D eigenvalue weighted by molar-refractivity contribution is -0.169. The number of anilines is 1. The summed E-state index contributed by atoms with van der Waals surface area (Å²) in [6.07, 6.45) is 4.70. The van der Waals surface area contributed by atoms with E-state index in [0.717, 1.165) is 37.2 Å². The van der Waals surface area contributed by atoms with Crippen molar-refractivity contribution in [3.8, 4) is 5.75 Å². The Bertz CT molecular complexity index is 811. The lowest BCUT2D eigenvalue weighted by atomic mass is 10.0. The van der Waals surface area contributed by atoms with Crippen LogP contribution in [0.15, 0.2) is 36.7 Å². The molecule has 1 aromatic carbocycles. The summed E-state index contributed by atoms with van der Waals surface area (Å²) in [7, 11) is 1.61. The van der Waals surface area contributed by atoms with Crippen molar-refractivity contribution in [3.63, 3.8) is 0 Å². The number of hydrogen-bond donors (Lipinski definition) is 1. The maximum Gasteiger partial charge on any atom is 0.254 e. The number of amides is 1. The van der Waals surface area contributed by atoms with E-state index in [2.05, 4.69) is 20.2 Å². The summed E-state index contributed by atoms with van der Waals surface area (Å²) in [6.45, 7) is 3.22. The number of hydrogen-bond acceptors (Lipinski definition) is 7. The Morgan fingerprint density at radius 1 is 1.18 bits per heavy atom. The summed E-state index contributed by atoms with van der Waals surface area (Å²) >= 11 is 0. The number of carbonyl (C=O) groups is 1. The smallest absolute Gasteiger partial charge is 0.254 e. The van der Waals surface area contributed by atoms with Gasteiger partial charge in [-0.1, -0.05) is 18.2 Å². The van der Waals surface area contributed by atoms with Gasteiger partial charge in [0.25, 0.3) is 5.91 Å². The van der Waals surface area contributed by atoms with Crippen LogP contribution in [0, 0.1) is 0 Å². The van der Waals surface area contributed by atoms with Gasteiger partial charge in [0.1, 0.15) is 5.75 Å². The molecule has 0 unspecified atom stereocenters. The first-order valence-electron chi connectivity index (χ1n) is 9.44. The van der Waals surface area contributed by atoms with Crippen LogP contribution in [-0.4, -0.2) is 55.1 Å². The molecule has 2 aliphatic heterocycles. The van der Waals surface area contributed by atoms with E-state index in [4.69, 9.17) is 14.2 Å². The Morgan fingerprint density at radius 2 is 1.86 bits per heavy atom. The minimum absolute atomic E-state index is 0.220. The van der Waals surface area contributed by atoms with Gasteiger partial charge in [-0.15, -0.1) is 0 Å². The number of piperidine rings is 1. The van der Waals surface area contributed by atoms with Gasteiger partial charge in [0.05, 0.1) is 25.9 Å². The molecule has 2 fully saturated rings. The molecule has 1 N–H and O–H groups in total. The molecule has 0 bridgehead atoms. The molecule has 1 aromatic heterocycles. The molecule has 1 spiro atoms. The molecule has 0 saturated carbocycles. The molecular formula is C20H24N4O4. The number of para-hydroxylation sites is 1. The zero-order chi connectivity index (χ0) is 19.4. The van der Waals surface area contributed by atoms with Gasteiger partial charge in [0, 0.05) is 50.4 Å². The van der Waals surface area contributed by atoms with Crippen LogP contribution >= 0.6 is 0 Å². The SMILES string of the molecule is COc1ccccc1CNC(=O)c1cnc(N2CCC3(CC2)OCCO3)nc1. The Labute approximate surface area is 163 Å². The number of aromatic nitrogens is 2. The molecule has 0 aliphatic carbocycles. The Kier molecular flexibility index (Phi) is 5.40. The van der Waals surface area contributed by atoms with E-state index < -0.39 is 5.79 Å². The van der Waals surface area contributed by atoms with Crippen LogP contribution < -0.4 is 15.0 Å². The van der Waals surface area contributed by atoms with Gasteiger partial charge in [-0.3, -0.25) is 4.79 Å². The zero-order valence-electron chi connectivity index (χ0n) is 15.9. The highest BCUT2D eigenvalue weighted by Crippen LogP contribution is 2.32. The molecule has 8 heteroatoms. The van der Waals surface area contributed by atoms with Crippen molar-refractivity contribution in [2.45, 2.75) is 25.2 Å². The van der Waals surface area contributed by atoms with Crippen LogP contribution in [0.2, 0.25) is 0 Å². The predicted octanol–water partition coefficient (Wildman–Crippen LogP) is 1.76. The second kappa shape index (κ2) is 8.12. The maximum atomic E-state index is 12.4. The summed E-state index contributed by atoms with van der Waals surface area (Å²) in [5, 5.41) is 2.88. The van der Waals surface area contributed by atoms with Crippen LogP contribution in [0.25, 0.3) is 0 Å². The molecule has 0 atom stereocenters. The van der Waals surface area contributed by atoms with Crippen LogP contribution in [0.3, 0.4) is 0 Å². The van der Waals surface area contributed by atoms with Gasteiger partial charge in [0.15, 0.2) is 5.79 Å². The second-order valence-electron chi connectivity index (χ2n) is 6.86. The van der Waals surface area contributed by atoms with Gasteiger partial charge in [0.2, 0.25) is 5.95 Å². The number of rotatable bonds is 5. The standard InChI is InChI=1S/C20H24N4O4/c1-26-17-5-3-2-4-15(17)12-21-18(25)16-13-22-19(23-14-16)24-8-6-20(7-9-24)27-10-11-28-20/h2-5,13-14H,6-12H2,1H3,(H,21,25). The summed E-state index contributed by atoms with van der Waals surface area (Å²) in [5.41, 5.74) is 1.34. The van der Waals surface area contributed by atoms with Crippen molar-refractivity contribution < 1.29 is 19.0 Å². The minimum atomic E-state index is -0.422. The highest BCUT2D eigenvalue weighted by molar-refractivity contribution is 5.93. The summed E-state index contributed by atoms with van der Waals surface area (Å²) in [5.74, 6) is 0.721. The number of carbonyl (C=O) groups excluding carboxylic acids is 1. The lowest BCUT2D eigenvalue weighted by Gasteiger charge is -2.37. The van der Waals surface area contributed by atoms with E-state index in [-0.39, 0.29) is 5.91 Å². The van der Waals surface area contributed by atoms with E-state index >= 15 is 0 Å². The fourth-order valence-corrected chi connectivity index (χ4v) is 3.56. The fraction of sp³-hybridized carbons (Fsp3) is 0.450. The van der Waals surface area contributed by atoms with Crippen molar-refractivity contribution in [1.82, 2.24) is 15.3 Å². The average molecular weight is 384 g/mol. The average Bonchev–Trinajstić information content (AvgIpc) is 3.21. The van der Waals surface area contributed by atoms with Crippen LogP contribution in [0.1, 0.15) is 28.8 Å². The highest BCUT2D eigenvalue weighted by Gasteiger charge is 2.40. The van der Waals surface area contributed by atoms with Gasteiger partial charge >= 0.3 is 0 Å². The first-order chi connectivity index (χ1) is 13.7. The minimum Gasteiger partial charge on any atom is -0.496 e. The van der Waals surface area contributed by atoms with Crippen LogP contribution in [0.4, 0.5) is 5.95 Å². The van der Waals surface area contributed by atoms with Gasteiger partial charge < -0.3 is 24.4 Å². The highest BCUT2D eigenvalue weighted by atomic mass is 16.7. The van der Waals surface area contributed by atoms with Gasteiger partial charge in [-0.2, -0.15) is 0 Å². The predicted molar refractivity (Wildman–Crippen MR) is 102 cm³/mol. The van der Waals surface area contributed by atoms with Crippen molar-refractivity contribution in [2.24, 2.45) is 0 Å². The largest absolute Gasteiger partial charge is 0.496 e. The molecule has 2 aliphatic rings. The van der Waals surface area contributed by atoms with E-state index in [0.29, 0.717) is 31.3 Å². The third-order valence-electron chi connectivity index (χ3n) is 5.15. The molecule has 148 valence electrons. The van der Waals surface area contributed by atoms with Crippen molar-refractivity contribution in [1.29, 1.82) is 0 Å². The lowest BCUT2D eigenvalue weighted by Crippen LogP contribution is -2.45. The molecule has 4 rings (SSSR count). The second-order valence-corrected chi connectivity index (χ2v) is 6.86. The van der Waals surface area contributed by atoms with Crippen molar-refractivity contribution in [2.75, 3.05) is 38.3 Å². The molecule has 1 amide bonds. The zero-order valence-corrected chi connectivity index (χ0v) is 15.9. The Morgan fingerprint density at radius 3 is 2.54 bits per heavy atom. The quantitative estimate of drug-likeness (QED) is 0.841. The molecule has 3 heterocycles. The number of benzene rings is 1. The molecule has 0 radical (unpaired) electrons. The molecule has 28 heavy (non-hydrogen) atoms. The van der Waals surface area contributed by atoms with E-state index in [1.165, 1.54) is 0 Å². The van der Waals surface area contributed by atoms with Gasteiger partial charge in [-0.05, 0) is 6.07 Å². The Hall–Kier alpha value is -2.71. The summed E-state index contributed by atoms with van der Waals surface area (Å²) in [6, 6.07) is 7.58.